The molecule has 0 aliphatic rings. The van der Waals surface area contributed by atoms with Crippen molar-refractivity contribution >= 4 is 28.2 Å². The molecule has 0 fully saturated rings. The highest BCUT2D eigenvalue weighted by atomic mass is 35.5. The van der Waals surface area contributed by atoms with Gasteiger partial charge in [0, 0.05) is 23.6 Å². The van der Waals surface area contributed by atoms with E-state index >= 15 is 0 Å². The highest BCUT2D eigenvalue weighted by Gasteiger charge is 2.17. The lowest BCUT2D eigenvalue weighted by Crippen LogP contribution is -1.99. The number of hydrogen-bond donors (Lipinski definition) is 1. The normalized spacial score (nSPS) is 11.6. The van der Waals surface area contributed by atoms with Crippen molar-refractivity contribution in [2.45, 2.75) is 26.7 Å². The van der Waals surface area contributed by atoms with Gasteiger partial charge in [0.25, 0.3) is 0 Å². The molecule has 1 aromatic carbocycles. The fourth-order valence-electron chi connectivity index (χ4n) is 2.55. The molecular formula is C13H17ClN2. The van der Waals surface area contributed by atoms with Gasteiger partial charge in [0.05, 0.1) is 10.7 Å². The van der Waals surface area contributed by atoms with Crippen molar-refractivity contribution in [2.24, 2.45) is 7.05 Å². The van der Waals surface area contributed by atoms with E-state index in [0.717, 1.165) is 10.9 Å². The number of rotatable bonds is 1. The first-order valence-electron chi connectivity index (χ1n) is 5.48. The molecule has 0 saturated heterocycles. The van der Waals surface area contributed by atoms with Gasteiger partial charge in [-0.1, -0.05) is 25.4 Å². The summed E-state index contributed by atoms with van der Waals surface area (Å²) in [5.41, 5.74) is 10.2. The second-order valence-electron chi connectivity index (χ2n) is 4.59. The van der Waals surface area contributed by atoms with Crippen LogP contribution in [0.15, 0.2) is 12.1 Å². The Hall–Kier alpha value is -1.15. The molecule has 2 nitrogen and oxygen atoms in total. The van der Waals surface area contributed by atoms with Crippen molar-refractivity contribution in [1.82, 2.24) is 4.57 Å². The number of nitrogen functional groups attached to an aromatic ring is 1. The molecule has 0 bridgehead atoms. The third kappa shape index (κ3) is 1.40. The zero-order valence-electron chi connectivity index (χ0n) is 10.1. The van der Waals surface area contributed by atoms with Crippen LogP contribution in [0.1, 0.15) is 31.0 Å². The Balaban J connectivity index is 2.94. The van der Waals surface area contributed by atoms with E-state index in [1.807, 2.05) is 12.1 Å². The van der Waals surface area contributed by atoms with Crippen LogP contribution in [0, 0.1) is 6.92 Å². The first-order chi connectivity index (χ1) is 7.45. The molecule has 0 radical (unpaired) electrons. The Morgan fingerprint density at radius 3 is 2.50 bits per heavy atom. The van der Waals surface area contributed by atoms with Crippen LogP contribution >= 0.6 is 11.6 Å². The molecule has 3 heteroatoms. The number of aryl methyl sites for hydroxylation is 2. The van der Waals surface area contributed by atoms with Crippen LogP contribution in [0.4, 0.5) is 5.69 Å². The van der Waals surface area contributed by atoms with E-state index in [4.69, 9.17) is 17.3 Å². The van der Waals surface area contributed by atoms with E-state index in [9.17, 15) is 0 Å². The monoisotopic (exact) mass is 236 g/mol. The van der Waals surface area contributed by atoms with Crippen LogP contribution in [0.25, 0.3) is 10.9 Å². The molecule has 0 atom stereocenters. The van der Waals surface area contributed by atoms with Gasteiger partial charge >= 0.3 is 0 Å². The van der Waals surface area contributed by atoms with Crippen molar-refractivity contribution in [3.63, 3.8) is 0 Å². The number of aromatic nitrogens is 1. The van der Waals surface area contributed by atoms with Gasteiger partial charge in [0.2, 0.25) is 0 Å². The summed E-state index contributed by atoms with van der Waals surface area (Å²) in [5.74, 6) is 0.481. The molecule has 16 heavy (non-hydrogen) atoms. The van der Waals surface area contributed by atoms with E-state index < -0.39 is 0 Å². The van der Waals surface area contributed by atoms with Gasteiger partial charge in [0.1, 0.15) is 0 Å². The minimum Gasteiger partial charge on any atom is -0.398 e. The lowest BCUT2D eigenvalue weighted by atomic mass is 10.0. The average Bonchev–Trinajstić information content (AvgIpc) is 2.45. The number of fused-ring (bicyclic) bond motifs is 1. The minimum atomic E-state index is 0.481. The van der Waals surface area contributed by atoms with Gasteiger partial charge < -0.3 is 10.3 Å². The van der Waals surface area contributed by atoms with E-state index in [1.165, 1.54) is 11.3 Å². The van der Waals surface area contributed by atoms with Gasteiger partial charge in [-0.25, -0.2) is 0 Å². The summed E-state index contributed by atoms with van der Waals surface area (Å²) in [7, 11) is 2.08. The van der Waals surface area contributed by atoms with Crippen LogP contribution in [-0.2, 0) is 7.05 Å². The molecule has 0 saturated carbocycles. The van der Waals surface area contributed by atoms with Crippen molar-refractivity contribution in [3.05, 3.63) is 28.4 Å². The number of nitrogens with two attached hydrogens (primary N) is 1. The first-order valence-corrected chi connectivity index (χ1v) is 5.85. The summed E-state index contributed by atoms with van der Waals surface area (Å²) >= 11 is 6.28. The smallest absolute Gasteiger partial charge is 0.0731 e. The third-order valence-corrected chi connectivity index (χ3v) is 3.59. The van der Waals surface area contributed by atoms with Gasteiger partial charge in [-0.3, -0.25) is 0 Å². The summed E-state index contributed by atoms with van der Waals surface area (Å²) in [6.07, 6.45) is 0. The van der Waals surface area contributed by atoms with Crippen molar-refractivity contribution in [1.29, 1.82) is 0 Å². The van der Waals surface area contributed by atoms with Gasteiger partial charge in [0.15, 0.2) is 0 Å². The molecule has 0 aliphatic carbocycles. The molecule has 2 aromatic rings. The fraction of sp³-hybridized carbons (Fsp3) is 0.385. The predicted octanol–water partition coefficient (Wildman–Crippen LogP) is 3.85. The largest absolute Gasteiger partial charge is 0.398 e. The van der Waals surface area contributed by atoms with Gasteiger partial charge in [-0.15, -0.1) is 0 Å². The third-order valence-electron chi connectivity index (χ3n) is 3.18. The number of nitrogens with zero attached hydrogens (tertiary/aromatic N) is 1. The van der Waals surface area contributed by atoms with Crippen LogP contribution < -0.4 is 5.73 Å². The Morgan fingerprint density at radius 1 is 1.31 bits per heavy atom. The Kier molecular flexibility index (Phi) is 2.62. The SMILES string of the molecule is Cc1c(C(C)C)n(C)c2ccc(N)c(Cl)c12. The first kappa shape index (κ1) is 11.3. The fourth-order valence-corrected chi connectivity index (χ4v) is 2.85. The molecule has 1 heterocycles. The highest BCUT2D eigenvalue weighted by molar-refractivity contribution is 6.38. The van der Waals surface area contributed by atoms with E-state index in [-0.39, 0.29) is 0 Å². The number of benzene rings is 1. The second kappa shape index (κ2) is 3.70. The highest BCUT2D eigenvalue weighted by Crippen LogP contribution is 2.36. The Labute approximate surface area is 101 Å². The quantitative estimate of drug-likeness (QED) is 0.750. The van der Waals surface area contributed by atoms with Crippen molar-refractivity contribution in [2.75, 3.05) is 5.73 Å². The maximum absolute atomic E-state index is 6.28. The number of hydrogen-bond acceptors (Lipinski definition) is 1. The van der Waals surface area contributed by atoms with Crippen molar-refractivity contribution < 1.29 is 0 Å². The molecule has 0 spiro atoms. The van der Waals surface area contributed by atoms with Crippen LogP contribution in [0.5, 0.6) is 0 Å². The maximum atomic E-state index is 6.28. The standard InChI is InChI=1S/C13H17ClN2/c1-7(2)13-8(3)11-10(16(13)4)6-5-9(15)12(11)14/h5-7H,15H2,1-4H3. The average molecular weight is 237 g/mol. The second-order valence-corrected chi connectivity index (χ2v) is 4.96. The van der Waals surface area contributed by atoms with Crippen LogP contribution in [0.2, 0.25) is 5.02 Å². The predicted molar refractivity (Wildman–Crippen MR) is 71.2 cm³/mol. The minimum absolute atomic E-state index is 0.481. The molecule has 0 unspecified atom stereocenters. The lowest BCUT2D eigenvalue weighted by Gasteiger charge is -2.08. The Morgan fingerprint density at radius 2 is 1.94 bits per heavy atom. The topological polar surface area (TPSA) is 30.9 Å². The summed E-state index contributed by atoms with van der Waals surface area (Å²) < 4.78 is 2.21. The zero-order chi connectivity index (χ0) is 12.0. The Bertz CT molecular complexity index is 553. The number of halogens is 1. The van der Waals surface area contributed by atoms with E-state index in [2.05, 4.69) is 32.4 Å². The molecule has 2 N–H and O–H groups in total. The van der Waals surface area contributed by atoms with E-state index in [0.29, 0.717) is 16.6 Å². The molecule has 86 valence electrons. The molecular weight excluding hydrogens is 220 g/mol. The van der Waals surface area contributed by atoms with E-state index in [1.54, 1.807) is 0 Å². The summed E-state index contributed by atoms with van der Waals surface area (Å²) in [6.45, 7) is 6.50. The van der Waals surface area contributed by atoms with Crippen LogP contribution in [0.3, 0.4) is 0 Å². The van der Waals surface area contributed by atoms with Crippen LogP contribution in [-0.4, -0.2) is 4.57 Å². The molecule has 1 aromatic heterocycles. The molecule has 0 aliphatic heterocycles. The van der Waals surface area contributed by atoms with Crippen molar-refractivity contribution in [3.8, 4) is 0 Å². The summed E-state index contributed by atoms with van der Waals surface area (Å²) in [6, 6.07) is 3.91. The summed E-state index contributed by atoms with van der Waals surface area (Å²) in [4.78, 5) is 0. The number of anilines is 1. The van der Waals surface area contributed by atoms with Gasteiger partial charge in [-0.2, -0.15) is 0 Å². The summed E-state index contributed by atoms with van der Waals surface area (Å²) in [5, 5.41) is 1.77. The lowest BCUT2D eigenvalue weighted by molar-refractivity contribution is 0.748. The molecule has 0 amide bonds. The zero-order valence-corrected chi connectivity index (χ0v) is 10.9. The van der Waals surface area contributed by atoms with Gasteiger partial charge in [-0.05, 0) is 30.5 Å². The molecule has 2 rings (SSSR count). The maximum Gasteiger partial charge on any atom is 0.0731 e.